The molecule has 0 radical (unpaired) electrons. The van der Waals surface area contributed by atoms with Gasteiger partial charge in [-0.05, 0) is 39.5 Å². The van der Waals surface area contributed by atoms with E-state index in [0.717, 1.165) is 19.3 Å². The van der Waals surface area contributed by atoms with Crippen molar-refractivity contribution in [1.29, 1.82) is 0 Å². The van der Waals surface area contributed by atoms with Gasteiger partial charge in [0, 0.05) is 18.5 Å². The topological polar surface area (TPSA) is 78.4 Å². The second kappa shape index (κ2) is 8.77. The van der Waals surface area contributed by atoms with E-state index in [4.69, 9.17) is 5.11 Å². The van der Waals surface area contributed by atoms with E-state index in [2.05, 4.69) is 17.6 Å². The Morgan fingerprint density at radius 1 is 1.16 bits per heavy atom. The van der Waals surface area contributed by atoms with E-state index in [0.29, 0.717) is 18.9 Å². The SMILES string of the molecule is CCCC(CCNC(=O)NC(C)(C)C)CCC(=O)O. The minimum absolute atomic E-state index is 0.166. The molecule has 1 atom stereocenters. The quantitative estimate of drug-likeness (QED) is 0.635. The number of carboxylic acid groups (broad SMARTS) is 1. The fourth-order valence-corrected chi connectivity index (χ4v) is 1.94. The maximum Gasteiger partial charge on any atom is 0.315 e. The highest BCUT2D eigenvalue weighted by Crippen LogP contribution is 2.17. The van der Waals surface area contributed by atoms with Gasteiger partial charge in [0.15, 0.2) is 0 Å². The lowest BCUT2D eigenvalue weighted by Gasteiger charge is -2.21. The van der Waals surface area contributed by atoms with Crippen LogP contribution in [-0.2, 0) is 4.79 Å². The Hall–Kier alpha value is -1.26. The van der Waals surface area contributed by atoms with E-state index < -0.39 is 5.97 Å². The third-order valence-corrected chi connectivity index (χ3v) is 2.79. The van der Waals surface area contributed by atoms with Crippen molar-refractivity contribution >= 4 is 12.0 Å². The fraction of sp³-hybridized carbons (Fsp3) is 0.857. The van der Waals surface area contributed by atoms with Crippen molar-refractivity contribution in [1.82, 2.24) is 10.6 Å². The number of carbonyl (C=O) groups is 2. The number of carboxylic acids is 1. The summed E-state index contributed by atoms with van der Waals surface area (Å²) in [6.07, 6.45) is 3.78. The average Bonchev–Trinajstić information content (AvgIpc) is 2.23. The van der Waals surface area contributed by atoms with Crippen molar-refractivity contribution in [2.45, 2.75) is 65.3 Å². The van der Waals surface area contributed by atoms with Crippen molar-refractivity contribution in [3.05, 3.63) is 0 Å². The number of hydrogen-bond donors (Lipinski definition) is 3. The Bertz CT molecular complexity index is 285. The molecule has 1 unspecified atom stereocenters. The van der Waals surface area contributed by atoms with E-state index in [1.807, 2.05) is 20.8 Å². The first kappa shape index (κ1) is 17.7. The summed E-state index contributed by atoms with van der Waals surface area (Å²) in [4.78, 5) is 22.1. The number of hydrogen-bond acceptors (Lipinski definition) is 2. The maximum atomic E-state index is 11.5. The lowest BCUT2D eigenvalue weighted by molar-refractivity contribution is -0.137. The van der Waals surface area contributed by atoms with Crippen LogP contribution < -0.4 is 10.6 Å². The molecule has 2 amide bonds. The molecular formula is C14H28N2O3. The van der Waals surface area contributed by atoms with Crippen LogP contribution in [0.25, 0.3) is 0 Å². The number of urea groups is 1. The van der Waals surface area contributed by atoms with Gasteiger partial charge in [-0.2, -0.15) is 0 Å². The van der Waals surface area contributed by atoms with Crippen molar-refractivity contribution in [3.63, 3.8) is 0 Å². The molecule has 0 aliphatic heterocycles. The molecule has 5 heteroatoms. The minimum Gasteiger partial charge on any atom is -0.481 e. The summed E-state index contributed by atoms with van der Waals surface area (Å²) in [6, 6.07) is -0.166. The van der Waals surface area contributed by atoms with Crippen LogP contribution in [0.1, 0.15) is 59.8 Å². The normalized spacial score (nSPS) is 12.8. The third-order valence-electron chi connectivity index (χ3n) is 2.79. The Kier molecular flexibility index (Phi) is 8.19. The number of rotatable bonds is 8. The largest absolute Gasteiger partial charge is 0.481 e. The van der Waals surface area contributed by atoms with Gasteiger partial charge in [0.05, 0.1) is 0 Å². The lowest BCUT2D eigenvalue weighted by Crippen LogP contribution is -2.46. The first-order chi connectivity index (χ1) is 8.74. The van der Waals surface area contributed by atoms with Crippen LogP contribution in [0, 0.1) is 5.92 Å². The number of aliphatic carboxylic acids is 1. The highest BCUT2D eigenvalue weighted by molar-refractivity contribution is 5.74. The molecule has 0 aliphatic rings. The molecule has 0 aromatic heterocycles. The molecule has 0 aromatic carbocycles. The molecule has 0 fully saturated rings. The number of amides is 2. The predicted octanol–water partition coefficient (Wildman–Crippen LogP) is 2.76. The van der Waals surface area contributed by atoms with Crippen LogP contribution in [-0.4, -0.2) is 29.2 Å². The summed E-state index contributed by atoms with van der Waals surface area (Å²) < 4.78 is 0. The van der Waals surface area contributed by atoms with Crippen LogP contribution >= 0.6 is 0 Å². The van der Waals surface area contributed by atoms with E-state index >= 15 is 0 Å². The summed E-state index contributed by atoms with van der Waals surface area (Å²) >= 11 is 0. The minimum atomic E-state index is -0.750. The first-order valence-electron chi connectivity index (χ1n) is 7.02. The number of carbonyl (C=O) groups excluding carboxylic acids is 1. The molecule has 0 saturated heterocycles. The van der Waals surface area contributed by atoms with Gasteiger partial charge < -0.3 is 15.7 Å². The van der Waals surface area contributed by atoms with E-state index in [-0.39, 0.29) is 18.0 Å². The Morgan fingerprint density at radius 2 is 1.79 bits per heavy atom. The molecule has 0 bridgehead atoms. The molecule has 0 aliphatic carbocycles. The van der Waals surface area contributed by atoms with Crippen LogP contribution in [0.4, 0.5) is 4.79 Å². The summed E-state index contributed by atoms with van der Waals surface area (Å²) in [5.74, 6) is -0.379. The van der Waals surface area contributed by atoms with Gasteiger partial charge in [-0.1, -0.05) is 19.8 Å². The molecule has 0 rings (SSSR count). The monoisotopic (exact) mass is 272 g/mol. The van der Waals surface area contributed by atoms with E-state index in [9.17, 15) is 9.59 Å². The van der Waals surface area contributed by atoms with Crippen LogP contribution in [0.2, 0.25) is 0 Å². The zero-order valence-corrected chi connectivity index (χ0v) is 12.6. The molecule has 5 nitrogen and oxygen atoms in total. The summed E-state index contributed by atoms with van der Waals surface area (Å²) in [5, 5.41) is 14.3. The van der Waals surface area contributed by atoms with Gasteiger partial charge in [0.2, 0.25) is 0 Å². The molecule has 0 spiro atoms. The summed E-state index contributed by atoms with van der Waals surface area (Å²) in [5.41, 5.74) is -0.240. The van der Waals surface area contributed by atoms with E-state index in [1.165, 1.54) is 0 Å². The molecule has 0 saturated carbocycles. The van der Waals surface area contributed by atoms with Gasteiger partial charge in [-0.3, -0.25) is 4.79 Å². The Morgan fingerprint density at radius 3 is 2.26 bits per heavy atom. The molecule has 3 N–H and O–H groups in total. The third kappa shape index (κ3) is 11.6. The number of nitrogens with one attached hydrogen (secondary N) is 2. The van der Waals surface area contributed by atoms with Gasteiger partial charge in [-0.25, -0.2) is 4.79 Å². The zero-order chi connectivity index (χ0) is 14.9. The van der Waals surface area contributed by atoms with Crippen LogP contribution in [0.3, 0.4) is 0 Å². The lowest BCUT2D eigenvalue weighted by atomic mass is 9.94. The van der Waals surface area contributed by atoms with Crippen molar-refractivity contribution in [2.24, 2.45) is 5.92 Å². The standard InChI is InChI=1S/C14H28N2O3/c1-5-6-11(7-8-12(17)18)9-10-15-13(19)16-14(2,3)4/h11H,5-10H2,1-4H3,(H,17,18)(H2,15,16,19). The smallest absolute Gasteiger partial charge is 0.315 e. The van der Waals surface area contributed by atoms with Gasteiger partial charge in [0.1, 0.15) is 0 Å². The average molecular weight is 272 g/mol. The Labute approximate surface area is 116 Å². The molecular weight excluding hydrogens is 244 g/mol. The van der Waals surface area contributed by atoms with E-state index in [1.54, 1.807) is 0 Å². The van der Waals surface area contributed by atoms with Gasteiger partial charge >= 0.3 is 12.0 Å². The summed E-state index contributed by atoms with van der Waals surface area (Å²) in [7, 11) is 0. The van der Waals surface area contributed by atoms with Crippen molar-refractivity contribution in [2.75, 3.05) is 6.54 Å². The summed E-state index contributed by atoms with van der Waals surface area (Å²) in [6.45, 7) is 8.47. The van der Waals surface area contributed by atoms with Crippen LogP contribution in [0.15, 0.2) is 0 Å². The van der Waals surface area contributed by atoms with Crippen molar-refractivity contribution < 1.29 is 14.7 Å². The van der Waals surface area contributed by atoms with Crippen molar-refractivity contribution in [3.8, 4) is 0 Å². The van der Waals surface area contributed by atoms with Crippen LogP contribution in [0.5, 0.6) is 0 Å². The van der Waals surface area contributed by atoms with Gasteiger partial charge in [-0.15, -0.1) is 0 Å². The first-order valence-corrected chi connectivity index (χ1v) is 7.02. The molecule has 0 aromatic rings. The molecule has 0 heterocycles. The fourth-order valence-electron chi connectivity index (χ4n) is 1.94. The molecule has 19 heavy (non-hydrogen) atoms. The second-order valence-corrected chi connectivity index (χ2v) is 6.01. The molecule has 112 valence electrons. The maximum absolute atomic E-state index is 11.5. The van der Waals surface area contributed by atoms with Gasteiger partial charge in [0.25, 0.3) is 0 Å². The predicted molar refractivity (Wildman–Crippen MR) is 76.2 cm³/mol. The highest BCUT2D eigenvalue weighted by atomic mass is 16.4. The highest BCUT2D eigenvalue weighted by Gasteiger charge is 2.14. The zero-order valence-electron chi connectivity index (χ0n) is 12.6. The Balaban J connectivity index is 3.91. The second-order valence-electron chi connectivity index (χ2n) is 6.01.